The van der Waals surface area contributed by atoms with Crippen LogP contribution in [0.4, 0.5) is 0 Å². The fourth-order valence-corrected chi connectivity index (χ4v) is 7.78. The zero-order valence-corrected chi connectivity index (χ0v) is 31.5. The normalized spacial score (nSPS) is 13.9. The molecule has 0 amide bonds. The summed E-state index contributed by atoms with van der Waals surface area (Å²) in [5, 5.41) is 5.96. The second kappa shape index (κ2) is 14.7. The first-order valence-electron chi connectivity index (χ1n) is 19.4. The van der Waals surface area contributed by atoms with Gasteiger partial charge in [0.05, 0.1) is 28.1 Å². The van der Waals surface area contributed by atoms with E-state index >= 15 is 0 Å². The lowest BCUT2D eigenvalue weighted by Crippen LogP contribution is -2.24. The average Bonchev–Trinajstić information content (AvgIpc) is 3.29. The lowest BCUT2D eigenvalue weighted by Gasteiger charge is -2.25. The average molecular weight is 731 g/mol. The van der Waals surface area contributed by atoms with Gasteiger partial charge in [0.15, 0.2) is 0 Å². The summed E-state index contributed by atoms with van der Waals surface area (Å²) < 4.78 is 0. The maximum absolute atomic E-state index is 5.24. The minimum atomic E-state index is -0.260. The SMILES string of the molecule is Cc1cc(-c2ccc(-c3cccc(C4N=C(c5ccccc5)C=C(c5ccc(-c6ccccc6)cc5)N4)c3)cc2)nc2c1ccc1ccc(-c3ccccc3)nc12. The molecule has 1 atom stereocenters. The second-order valence-electron chi connectivity index (χ2n) is 14.6. The van der Waals surface area contributed by atoms with Gasteiger partial charge >= 0.3 is 0 Å². The third-order valence-electron chi connectivity index (χ3n) is 10.8. The minimum Gasteiger partial charge on any atom is -0.360 e. The Morgan fingerprint density at radius 3 is 1.68 bits per heavy atom. The molecule has 3 heterocycles. The van der Waals surface area contributed by atoms with Gasteiger partial charge in [-0.3, -0.25) is 4.99 Å². The van der Waals surface area contributed by atoms with Gasteiger partial charge in [0.25, 0.3) is 0 Å². The number of aromatic nitrogens is 2. The predicted molar refractivity (Wildman–Crippen MR) is 237 cm³/mol. The number of nitrogens with one attached hydrogen (secondary N) is 1. The van der Waals surface area contributed by atoms with E-state index in [0.29, 0.717) is 0 Å². The van der Waals surface area contributed by atoms with Crippen molar-refractivity contribution in [1.82, 2.24) is 15.3 Å². The number of aliphatic imine (C=N–C) groups is 1. The van der Waals surface area contributed by atoms with Gasteiger partial charge < -0.3 is 5.32 Å². The van der Waals surface area contributed by atoms with Crippen molar-refractivity contribution in [1.29, 1.82) is 0 Å². The number of fused-ring (bicyclic) bond motifs is 3. The highest BCUT2D eigenvalue weighted by atomic mass is 15.1. The van der Waals surface area contributed by atoms with Gasteiger partial charge in [0, 0.05) is 27.6 Å². The molecule has 57 heavy (non-hydrogen) atoms. The van der Waals surface area contributed by atoms with Crippen LogP contribution in [0, 0.1) is 6.92 Å². The number of allylic oxidation sites excluding steroid dienone is 1. The number of pyridine rings is 2. The van der Waals surface area contributed by atoms with Crippen molar-refractivity contribution in [3.05, 3.63) is 222 Å². The third kappa shape index (κ3) is 6.79. The Morgan fingerprint density at radius 1 is 0.421 bits per heavy atom. The van der Waals surface area contributed by atoms with Crippen LogP contribution >= 0.6 is 0 Å². The van der Waals surface area contributed by atoms with Crippen LogP contribution in [0.15, 0.2) is 205 Å². The van der Waals surface area contributed by atoms with E-state index in [1.54, 1.807) is 0 Å². The number of benzene rings is 7. The molecule has 0 saturated heterocycles. The summed E-state index contributed by atoms with van der Waals surface area (Å²) in [5.41, 5.74) is 17.0. The molecule has 7 aromatic carbocycles. The molecule has 1 N–H and O–H groups in total. The fourth-order valence-electron chi connectivity index (χ4n) is 7.78. The van der Waals surface area contributed by atoms with Crippen LogP contribution in [0.2, 0.25) is 0 Å². The standard InChI is InChI=1S/C53H38N4/c1-35-32-48(55-52-46(35)30-28-43-29-31-47(54-51(43)52)39-14-7-3-8-15-39)41-26-22-38(23-27-41)44-18-11-19-45(33-44)53-56-49(40-16-9-4-10-17-40)34-50(57-53)42-24-20-37(21-25-42)36-12-5-2-6-13-36/h2-34,53,57H,1H3. The molecule has 1 aliphatic rings. The minimum absolute atomic E-state index is 0.260. The van der Waals surface area contributed by atoms with Crippen LogP contribution in [0.25, 0.3) is 72.3 Å². The first-order chi connectivity index (χ1) is 28.1. The zero-order chi connectivity index (χ0) is 38.1. The summed E-state index contributed by atoms with van der Waals surface area (Å²) in [7, 11) is 0. The highest BCUT2D eigenvalue weighted by Gasteiger charge is 2.20. The van der Waals surface area contributed by atoms with Gasteiger partial charge in [-0.1, -0.05) is 176 Å². The molecule has 0 saturated carbocycles. The van der Waals surface area contributed by atoms with Crippen molar-refractivity contribution in [2.45, 2.75) is 13.1 Å². The van der Waals surface area contributed by atoms with Crippen molar-refractivity contribution in [3.63, 3.8) is 0 Å². The van der Waals surface area contributed by atoms with Gasteiger partial charge in [-0.25, -0.2) is 9.97 Å². The Labute approximate surface area is 332 Å². The van der Waals surface area contributed by atoms with E-state index in [2.05, 4.69) is 182 Å². The van der Waals surface area contributed by atoms with E-state index < -0.39 is 0 Å². The smallest absolute Gasteiger partial charge is 0.145 e. The second-order valence-corrected chi connectivity index (χ2v) is 14.6. The molecule has 1 unspecified atom stereocenters. The molecule has 10 rings (SSSR count). The molecule has 0 bridgehead atoms. The zero-order valence-electron chi connectivity index (χ0n) is 31.5. The summed E-state index contributed by atoms with van der Waals surface area (Å²) in [6.45, 7) is 2.16. The summed E-state index contributed by atoms with van der Waals surface area (Å²) in [6.07, 6.45) is 1.90. The van der Waals surface area contributed by atoms with Crippen molar-refractivity contribution in [3.8, 4) is 44.8 Å². The molecule has 2 aromatic heterocycles. The fraction of sp³-hybridized carbons (Fsp3) is 0.0377. The van der Waals surface area contributed by atoms with Gasteiger partial charge in [0.2, 0.25) is 0 Å². The summed E-state index contributed by atoms with van der Waals surface area (Å²) >= 11 is 0. The molecular weight excluding hydrogens is 693 g/mol. The van der Waals surface area contributed by atoms with E-state index in [-0.39, 0.29) is 6.17 Å². The van der Waals surface area contributed by atoms with E-state index in [4.69, 9.17) is 15.0 Å². The first-order valence-corrected chi connectivity index (χ1v) is 19.4. The van der Waals surface area contributed by atoms with Crippen molar-refractivity contribution >= 4 is 33.2 Å². The molecule has 4 heteroatoms. The molecule has 270 valence electrons. The van der Waals surface area contributed by atoms with Crippen molar-refractivity contribution in [2.75, 3.05) is 0 Å². The maximum Gasteiger partial charge on any atom is 0.145 e. The van der Waals surface area contributed by atoms with E-state index in [9.17, 15) is 0 Å². The monoisotopic (exact) mass is 730 g/mol. The Hall–Kier alpha value is -7.43. The first kappa shape index (κ1) is 34.1. The van der Waals surface area contributed by atoms with Crippen molar-refractivity contribution in [2.24, 2.45) is 4.99 Å². The highest BCUT2D eigenvalue weighted by molar-refractivity contribution is 6.13. The number of rotatable bonds is 7. The van der Waals surface area contributed by atoms with Crippen molar-refractivity contribution < 1.29 is 0 Å². The van der Waals surface area contributed by atoms with Crippen LogP contribution in [0.1, 0.15) is 28.4 Å². The van der Waals surface area contributed by atoms with Crippen LogP contribution < -0.4 is 5.32 Å². The predicted octanol–water partition coefficient (Wildman–Crippen LogP) is 12.9. The molecule has 9 aromatic rings. The van der Waals surface area contributed by atoms with Gasteiger partial charge in [-0.2, -0.15) is 0 Å². The molecule has 1 aliphatic heterocycles. The Morgan fingerprint density at radius 2 is 0.965 bits per heavy atom. The molecule has 0 fully saturated rings. The number of hydrogen-bond donors (Lipinski definition) is 1. The maximum atomic E-state index is 5.24. The lowest BCUT2D eigenvalue weighted by molar-refractivity contribution is 0.664. The number of hydrogen-bond acceptors (Lipinski definition) is 4. The largest absolute Gasteiger partial charge is 0.360 e. The topological polar surface area (TPSA) is 50.2 Å². The van der Waals surface area contributed by atoms with Gasteiger partial charge in [-0.05, 0) is 75.7 Å². The molecular formula is C53H38N4. The van der Waals surface area contributed by atoms with E-state index in [1.165, 1.54) is 16.7 Å². The Kier molecular flexibility index (Phi) is 8.77. The van der Waals surface area contributed by atoms with Gasteiger partial charge in [-0.15, -0.1) is 0 Å². The molecule has 0 spiro atoms. The molecule has 0 radical (unpaired) electrons. The van der Waals surface area contributed by atoms with E-state index in [0.717, 1.165) is 83.5 Å². The summed E-state index contributed by atoms with van der Waals surface area (Å²) in [5.74, 6) is 0. The Bertz CT molecular complexity index is 2950. The van der Waals surface area contributed by atoms with Gasteiger partial charge in [0.1, 0.15) is 6.17 Å². The third-order valence-corrected chi connectivity index (χ3v) is 10.8. The highest BCUT2D eigenvalue weighted by Crippen LogP contribution is 2.34. The van der Waals surface area contributed by atoms with Crippen LogP contribution in [-0.4, -0.2) is 15.7 Å². The van der Waals surface area contributed by atoms with E-state index in [1.807, 2.05) is 30.3 Å². The summed E-state index contributed by atoms with van der Waals surface area (Å²) in [4.78, 5) is 15.6. The lowest BCUT2D eigenvalue weighted by atomic mass is 9.97. The number of aryl methyl sites for hydroxylation is 1. The Balaban J connectivity index is 0.960. The van der Waals surface area contributed by atoms with Crippen LogP contribution in [0.3, 0.4) is 0 Å². The number of nitrogens with zero attached hydrogens (tertiary/aromatic N) is 3. The quantitative estimate of drug-likeness (QED) is 0.166. The van der Waals surface area contributed by atoms with Crippen LogP contribution in [-0.2, 0) is 0 Å². The summed E-state index contributed by atoms with van der Waals surface area (Å²) in [6, 6.07) is 68.2. The molecule has 4 nitrogen and oxygen atoms in total. The molecule has 0 aliphatic carbocycles. The van der Waals surface area contributed by atoms with Crippen LogP contribution in [0.5, 0.6) is 0 Å².